The molecule has 0 aliphatic carbocycles. The van der Waals surface area contributed by atoms with E-state index in [9.17, 15) is 5.11 Å². The number of hydrogen-bond acceptors (Lipinski definition) is 3. The fourth-order valence-corrected chi connectivity index (χ4v) is 9.22. The molecule has 0 spiro atoms. The normalized spacial score (nSPS) is 13.5. The Balaban J connectivity index is 1.57. The van der Waals surface area contributed by atoms with Crippen LogP contribution in [0.15, 0.2) is 91.0 Å². The number of rotatable bonds is 11. The zero-order valence-corrected chi connectivity index (χ0v) is 23.1. The lowest BCUT2D eigenvalue weighted by Crippen LogP contribution is -2.66. The van der Waals surface area contributed by atoms with E-state index in [1.54, 1.807) is 0 Å². The van der Waals surface area contributed by atoms with E-state index in [1.807, 2.05) is 30.3 Å². The second-order valence-electron chi connectivity index (χ2n) is 10.5. The Labute approximate surface area is 218 Å². The molecule has 0 aliphatic rings. The minimum Gasteiger partial charge on any atom is -0.407 e. The van der Waals surface area contributed by atoms with Crippen LogP contribution in [0.2, 0.25) is 5.04 Å². The average Bonchev–Trinajstić information content (AvgIpc) is 2.88. The second kappa shape index (κ2) is 13.6. The number of hydrogen-bond donors (Lipinski definition) is 1. The highest BCUT2D eigenvalue weighted by atomic mass is 28.4. The molecule has 0 saturated heterocycles. The minimum atomic E-state index is -2.51. The van der Waals surface area contributed by atoms with Gasteiger partial charge in [0.2, 0.25) is 0 Å². The topological polar surface area (TPSA) is 38.7 Å². The minimum absolute atomic E-state index is 0.0287. The molecule has 3 aromatic rings. The summed E-state index contributed by atoms with van der Waals surface area (Å²) in [6, 6.07) is 31.4. The summed E-state index contributed by atoms with van der Waals surface area (Å²) in [5, 5.41) is 12.7. The monoisotopic (exact) mass is 500 g/mol. The molecule has 3 nitrogen and oxygen atoms in total. The maximum Gasteiger partial charge on any atom is 0.261 e. The van der Waals surface area contributed by atoms with Crippen LogP contribution in [0, 0.1) is 17.8 Å². The van der Waals surface area contributed by atoms with Crippen molar-refractivity contribution in [1.29, 1.82) is 0 Å². The van der Waals surface area contributed by atoms with Gasteiger partial charge in [0.05, 0.1) is 13.2 Å². The summed E-state index contributed by atoms with van der Waals surface area (Å²) in [6.45, 7) is 10.5. The van der Waals surface area contributed by atoms with Crippen LogP contribution in [-0.4, -0.2) is 32.7 Å². The molecule has 1 N–H and O–H groups in total. The van der Waals surface area contributed by atoms with E-state index in [4.69, 9.17) is 9.16 Å². The molecule has 0 unspecified atom stereocenters. The van der Waals surface area contributed by atoms with E-state index in [0.29, 0.717) is 19.1 Å². The van der Waals surface area contributed by atoms with Gasteiger partial charge in [0.25, 0.3) is 8.32 Å². The van der Waals surface area contributed by atoms with Gasteiger partial charge in [-0.05, 0) is 33.3 Å². The van der Waals surface area contributed by atoms with Gasteiger partial charge < -0.3 is 14.3 Å². The van der Waals surface area contributed by atoms with Crippen LogP contribution in [0.1, 0.15) is 46.1 Å². The molecule has 3 rings (SSSR count). The number of ether oxygens (including phenoxy) is 1. The maximum atomic E-state index is 10.1. The molecular formula is C32H40O3Si. The Morgan fingerprint density at radius 3 is 1.86 bits per heavy atom. The molecular weight excluding hydrogens is 460 g/mol. The van der Waals surface area contributed by atoms with Crippen LogP contribution in [0.4, 0.5) is 0 Å². The Morgan fingerprint density at radius 2 is 1.33 bits per heavy atom. The molecule has 0 heterocycles. The fourth-order valence-electron chi connectivity index (χ4n) is 4.53. The summed E-state index contributed by atoms with van der Waals surface area (Å²) in [5.41, 5.74) is 1.09. The standard InChI is InChI=1S/C32H40O3Si/c1-27(16-14-15-19-29(33)26-34-25-28-17-8-5-9-18-28)24-35-36(32(2,3)4,30-20-10-6-11-21-30)31-22-12-7-13-23-31/h5-13,17-18,20-23,27,29,33H,14,16,24-26H2,1-4H3/t27-,29+/m1/s1. The molecule has 0 fully saturated rings. The van der Waals surface area contributed by atoms with E-state index in [-0.39, 0.29) is 11.6 Å². The van der Waals surface area contributed by atoms with E-state index in [1.165, 1.54) is 10.4 Å². The second-order valence-corrected chi connectivity index (χ2v) is 14.8. The van der Waals surface area contributed by atoms with Crippen molar-refractivity contribution in [2.24, 2.45) is 5.92 Å². The smallest absolute Gasteiger partial charge is 0.261 e. The van der Waals surface area contributed by atoms with Crippen molar-refractivity contribution in [1.82, 2.24) is 0 Å². The molecule has 0 aromatic heterocycles. The highest BCUT2D eigenvalue weighted by Gasteiger charge is 2.50. The number of aliphatic hydroxyl groups excluding tert-OH is 1. The van der Waals surface area contributed by atoms with Crippen LogP contribution in [0.3, 0.4) is 0 Å². The van der Waals surface area contributed by atoms with Crippen molar-refractivity contribution in [3.8, 4) is 11.8 Å². The highest BCUT2D eigenvalue weighted by Crippen LogP contribution is 2.37. The van der Waals surface area contributed by atoms with Crippen molar-refractivity contribution >= 4 is 18.7 Å². The average molecular weight is 501 g/mol. The third-order valence-electron chi connectivity index (χ3n) is 6.42. The van der Waals surface area contributed by atoms with Crippen molar-refractivity contribution in [2.75, 3.05) is 13.2 Å². The summed E-state index contributed by atoms with van der Waals surface area (Å²) in [7, 11) is -2.51. The van der Waals surface area contributed by atoms with E-state index < -0.39 is 14.4 Å². The summed E-state index contributed by atoms with van der Waals surface area (Å²) >= 11 is 0. The Bertz CT molecular complexity index is 1040. The molecule has 0 aliphatic heterocycles. The van der Waals surface area contributed by atoms with Gasteiger partial charge in [0.15, 0.2) is 0 Å². The molecule has 0 amide bonds. The predicted octanol–water partition coefficient (Wildman–Crippen LogP) is 5.56. The molecule has 190 valence electrons. The summed E-state index contributed by atoms with van der Waals surface area (Å²) in [6.07, 6.45) is 0.876. The lowest BCUT2D eigenvalue weighted by Gasteiger charge is -2.43. The van der Waals surface area contributed by atoms with Gasteiger partial charge in [-0.1, -0.05) is 125 Å². The number of benzene rings is 3. The van der Waals surface area contributed by atoms with Crippen molar-refractivity contribution in [3.63, 3.8) is 0 Å². The lowest BCUT2D eigenvalue weighted by molar-refractivity contribution is 0.0543. The Kier molecular flexibility index (Phi) is 10.5. The van der Waals surface area contributed by atoms with Crippen molar-refractivity contribution in [2.45, 2.75) is 58.3 Å². The van der Waals surface area contributed by atoms with Gasteiger partial charge in [-0.25, -0.2) is 0 Å². The van der Waals surface area contributed by atoms with E-state index in [0.717, 1.165) is 18.4 Å². The first-order chi connectivity index (χ1) is 17.3. The third kappa shape index (κ3) is 7.66. The van der Waals surface area contributed by atoms with Crippen LogP contribution in [0.25, 0.3) is 0 Å². The predicted molar refractivity (Wildman–Crippen MR) is 152 cm³/mol. The van der Waals surface area contributed by atoms with Crippen molar-refractivity contribution in [3.05, 3.63) is 96.6 Å². The summed E-state index contributed by atoms with van der Waals surface area (Å²) in [5.74, 6) is 6.41. The first-order valence-corrected chi connectivity index (χ1v) is 14.8. The molecule has 0 bridgehead atoms. The lowest BCUT2D eigenvalue weighted by atomic mass is 10.1. The van der Waals surface area contributed by atoms with Gasteiger partial charge in [-0.2, -0.15) is 0 Å². The third-order valence-corrected chi connectivity index (χ3v) is 11.4. The largest absolute Gasteiger partial charge is 0.407 e. The summed E-state index contributed by atoms with van der Waals surface area (Å²) < 4.78 is 12.6. The van der Waals surface area contributed by atoms with Crippen LogP contribution in [0.5, 0.6) is 0 Å². The zero-order valence-electron chi connectivity index (χ0n) is 22.1. The maximum absolute atomic E-state index is 10.1. The van der Waals surface area contributed by atoms with E-state index >= 15 is 0 Å². The molecule has 0 saturated carbocycles. The van der Waals surface area contributed by atoms with Crippen LogP contribution in [-0.2, 0) is 15.8 Å². The first kappa shape index (κ1) is 27.9. The van der Waals surface area contributed by atoms with Gasteiger partial charge >= 0.3 is 0 Å². The molecule has 36 heavy (non-hydrogen) atoms. The zero-order chi connectivity index (χ0) is 25.9. The van der Waals surface area contributed by atoms with Crippen LogP contribution < -0.4 is 10.4 Å². The van der Waals surface area contributed by atoms with Gasteiger partial charge in [-0.15, -0.1) is 5.92 Å². The molecule has 4 heteroatoms. The molecule has 0 radical (unpaired) electrons. The fraction of sp³-hybridized carbons (Fsp3) is 0.375. The first-order valence-electron chi connectivity index (χ1n) is 12.9. The molecule has 2 atom stereocenters. The van der Waals surface area contributed by atoms with Gasteiger partial charge in [0.1, 0.15) is 6.10 Å². The van der Waals surface area contributed by atoms with Gasteiger partial charge in [-0.3, -0.25) is 0 Å². The Hall–Kier alpha value is -2.68. The van der Waals surface area contributed by atoms with Crippen LogP contribution >= 0.6 is 0 Å². The van der Waals surface area contributed by atoms with Gasteiger partial charge in [0, 0.05) is 13.0 Å². The SMILES string of the molecule is C[C@H](CCC#C[C@H](O)COCc1ccccc1)CO[Si](c1ccccc1)(c1ccccc1)C(C)(C)C. The van der Waals surface area contributed by atoms with Crippen molar-refractivity contribution < 1.29 is 14.3 Å². The van der Waals surface area contributed by atoms with E-state index in [2.05, 4.69) is 100 Å². The molecule has 3 aromatic carbocycles. The number of aliphatic hydroxyl groups is 1. The summed E-state index contributed by atoms with van der Waals surface area (Å²) in [4.78, 5) is 0. The Morgan fingerprint density at radius 1 is 0.806 bits per heavy atom. The quantitative estimate of drug-likeness (QED) is 0.277. The highest BCUT2D eigenvalue weighted by molar-refractivity contribution is 6.99.